The number of amides is 2. The number of rotatable bonds is 9. The van der Waals surface area contributed by atoms with Crippen molar-refractivity contribution in [2.45, 2.75) is 32.4 Å². The lowest BCUT2D eigenvalue weighted by atomic mass is 10.1. The molecule has 0 bridgehead atoms. The fourth-order valence-corrected chi connectivity index (χ4v) is 1.41. The molecule has 19 heavy (non-hydrogen) atoms. The lowest BCUT2D eigenvalue weighted by molar-refractivity contribution is -0.128. The highest BCUT2D eigenvalue weighted by Gasteiger charge is 2.24. The van der Waals surface area contributed by atoms with Gasteiger partial charge in [-0.2, -0.15) is 0 Å². The summed E-state index contributed by atoms with van der Waals surface area (Å²) in [4.78, 5) is 26.1. The Morgan fingerprint density at radius 1 is 1.47 bits per heavy atom. The minimum atomic E-state index is -0.712. The molecule has 2 unspecified atom stereocenters. The van der Waals surface area contributed by atoms with Crippen LogP contribution < -0.4 is 10.6 Å². The van der Waals surface area contributed by atoms with Crippen LogP contribution in [0.15, 0.2) is 17.1 Å². The molecular formula is C13H23N3O3. The van der Waals surface area contributed by atoms with Crippen LogP contribution in [0.25, 0.3) is 0 Å². The zero-order valence-corrected chi connectivity index (χ0v) is 12.0. The van der Waals surface area contributed by atoms with Crippen LogP contribution in [0.1, 0.15) is 20.3 Å². The minimum Gasteiger partial charge on any atom is -0.370 e. The van der Waals surface area contributed by atoms with Crippen LogP contribution in [-0.4, -0.2) is 50.9 Å². The van der Waals surface area contributed by atoms with E-state index in [9.17, 15) is 9.59 Å². The van der Waals surface area contributed by atoms with Gasteiger partial charge in [-0.15, -0.1) is 0 Å². The van der Waals surface area contributed by atoms with Crippen molar-refractivity contribution in [2.24, 2.45) is 4.99 Å². The van der Waals surface area contributed by atoms with E-state index in [1.165, 1.54) is 7.05 Å². The van der Waals surface area contributed by atoms with Gasteiger partial charge in [0.25, 0.3) is 0 Å². The standard InChI is InChI=1S/C13H23N3O3/c1-5-6-7-11(14-3)8-19-10(2)12(16-9-17)13(18)15-4/h6-7,9-10,12H,5,8H2,1-4H3,(H,15,18)(H,16,17)/b7-6-,14-11?. The van der Waals surface area contributed by atoms with Gasteiger partial charge in [-0.05, 0) is 19.4 Å². The summed E-state index contributed by atoms with van der Waals surface area (Å²) in [6.45, 7) is 4.05. The fraction of sp³-hybridized carbons (Fsp3) is 0.615. The van der Waals surface area contributed by atoms with Crippen LogP contribution in [0.4, 0.5) is 0 Å². The maximum absolute atomic E-state index is 11.6. The molecule has 0 saturated carbocycles. The van der Waals surface area contributed by atoms with Gasteiger partial charge in [-0.25, -0.2) is 0 Å². The van der Waals surface area contributed by atoms with Crippen molar-refractivity contribution in [2.75, 3.05) is 20.7 Å². The van der Waals surface area contributed by atoms with E-state index in [1.807, 2.05) is 19.1 Å². The normalized spacial score (nSPS) is 15.1. The Kier molecular flexibility index (Phi) is 9.34. The first-order chi connectivity index (χ1) is 9.10. The number of carbonyl (C=O) groups is 2. The van der Waals surface area contributed by atoms with Crippen LogP contribution in [0.3, 0.4) is 0 Å². The monoisotopic (exact) mass is 269 g/mol. The lowest BCUT2D eigenvalue weighted by Gasteiger charge is -2.22. The molecule has 0 aromatic rings. The largest absolute Gasteiger partial charge is 0.370 e. The van der Waals surface area contributed by atoms with Gasteiger partial charge in [0.2, 0.25) is 12.3 Å². The number of likely N-dealkylation sites (N-methyl/N-ethyl adjacent to an activating group) is 1. The SMILES string of the molecule is CC/C=C\C(COC(C)C(NC=O)C(=O)NC)=NC. The highest BCUT2D eigenvalue weighted by molar-refractivity contribution is 5.96. The second-order valence-corrected chi connectivity index (χ2v) is 3.92. The molecule has 6 heteroatoms. The highest BCUT2D eigenvalue weighted by atomic mass is 16.5. The second-order valence-electron chi connectivity index (χ2n) is 3.92. The number of carbonyl (C=O) groups excluding carboxylic acids is 2. The van der Waals surface area contributed by atoms with Gasteiger partial charge in [0.05, 0.1) is 18.4 Å². The first-order valence-corrected chi connectivity index (χ1v) is 6.25. The molecule has 6 nitrogen and oxygen atoms in total. The second kappa shape index (κ2) is 10.3. The van der Waals surface area contributed by atoms with Gasteiger partial charge >= 0.3 is 0 Å². The number of nitrogens with zero attached hydrogens (tertiary/aromatic N) is 1. The van der Waals surface area contributed by atoms with Gasteiger partial charge in [-0.3, -0.25) is 14.6 Å². The van der Waals surface area contributed by atoms with E-state index >= 15 is 0 Å². The summed E-state index contributed by atoms with van der Waals surface area (Å²) in [7, 11) is 3.20. The summed E-state index contributed by atoms with van der Waals surface area (Å²) < 4.78 is 5.57. The van der Waals surface area contributed by atoms with Crippen LogP contribution in [0.5, 0.6) is 0 Å². The summed E-state index contributed by atoms with van der Waals surface area (Å²) >= 11 is 0. The number of allylic oxidation sites excluding steroid dienone is 1. The highest BCUT2D eigenvalue weighted by Crippen LogP contribution is 2.00. The third-order valence-corrected chi connectivity index (χ3v) is 2.57. The van der Waals surface area contributed by atoms with Crippen molar-refractivity contribution in [3.05, 3.63) is 12.2 Å². The molecule has 0 rings (SSSR count). The summed E-state index contributed by atoms with van der Waals surface area (Å²) in [6, 6.07) is -0.712. The minimum absolute atomic E-state index is 0.293. The van der Waals surface area contributed by atoms with E-state index in [0.717, 1.165) is 12.1 Å². The lowest BCUT2D eigenvalue weighted by Crippen LogP contribution is -2.50. The average Bonchev–Trinajstić information content (AvgIpc) is 2.43. The van der Waals surface area contributed by atoms with Crippen LogP contribution in [0, 0.1) is 0 Å². The van der Waals surface area contributed by atoms with Crippen molar-refractivity contribution in [3.63, 3.8) is 0 Å². The number of aliphatic imine (C=N–C) groups is 1. The van der Waals surface area contributed by atoms with Gasteiger partial charge < -0.3 is 15.4 Å². The number of nitrogens with one attached hydrogen (secondary N) is 2. The van der Waals surface area contributed by atoms with Crippen LogP contribution in [-0.2, 0) is 14.3 Å². The van der Waals surface area contributed by atoms with E-state index in [-0.39, 0.29) is 5.91 Å². The molecular weight excluding hydrogens is 246 g/mol. The van der Waals surface area contributed by atoms with Crippen molar-refractivity contribution >= 4 is 18.0 Å². The van der Waals surface area contributed by atoms with Crippen LogP contribution >= 0.6 is 0 Å². The predicted molar refractivity (Wildman–Crippen MR) is 75.3 cm³/mol. The Morgan fingerprint density at radius 2 is 2.16 bits per heavy atom. The Balaban J connectivity index is 4.47. The molecule has 0 aliphatic rings. The summed E-state index contributed by atoms with van der Waals surface area (Å²) in [5.41, 5.74) is 0.787. The predicted octanol–water partition coefficient (Wildman–Crippen LogP) is 0.289. The summed E-state index contributed by atoms with van der Waals surface area (Å²) in [5, 5.41) is 4.92. The molecule has 0 spiro atoms. The van der Waals surface area contributed by atoms with Gasteiger partial charge in [0.15, 0.2) is 0 Å². The smallest absolute Gasteiger partial charge is 0.245 e. The quantitative estimate of drug-likeness (QED) is 0.466. The van der Waals surface area contributed by atoms with Crippen LogP contribution in [0.2, 0.25) is 0 Å². The molecule has 0 fully saturated rings. The van der Waals surface area contributed by atoms with Gasteiger partial charge in [-0.1, -0.05) is 13.0 Å². The number of hydrogen-bond acceptors (Lipinski definition) is 4. The molecule has 0 heterocycles. The molecule has 0 aliphatic carbocycles. The summed E-state index contributed by atoms with van der Waals surface area (Å²) in [6.07, 6.45) is 4.83. The molecule has 2 amide bonds. The van der Waals surface area contributed by atoms with E-state index in [4.69, 9.17) is 4.74 Å². The molecule has 0 aliphatic heterocycles. The Morgan fingerprint density at radius 3 is 2.63 bits per heavy atom. The first kappa shape index (κ1) is 17.3. The molecule has 0 saturated heterocycles. The van der Waals surface area contributed by atoms with Gasteiger partial charge in [0.1, 0.15) is 6.04 Å². The Labute approximate surface area is 114 Å². The Hall–Kier alpha value is -1.69. The maximum atomic E-state index is 11.6. The zero-order valence-electron chi connectivity index (χ0n) is 12.0. The molecule has 2 atom stereocenters. The maximum Gasteiger partial charge on any atom is 0.245 e. The van der Waals surface area contributed by atoms with E-state index < -0.39 is 12.1 Å². The number of hydrogen-bond donors (Lipinski definition) is 2. The topological polar surface area (TPSA) is 79.8 Å². The van der Waals surface area contributed by atoms with E-state index in [1.54, 1.807) is 14.0 Å². The zero-order chi connectivity index (χ0) is 14.7. The molecule has 0 aromatic carbocycles. The summed E-state index contributed by atoms with van der Waals surface area (Å²) in [5.74, 6) is -0.293. The van der Waals surface area contributed by atoms with Gasteiger partial charge in [0, 0.05) is 14.1 Å². The van der Waals surface area contributed by atoms with Crippen molar-refractivity contribution in [1.82, 2.24) is 10.6 Å². The van der Waals surface area contributed by atoms with E-state index in [0.29, 0.717) is 13.0 Å². The number of ether oxygens (including phenoxy) is 1. The third-order valence-electron chi connectivity index (χ3n) is 2.57. The molecule has 0 radical (unpaired) electrons. The first-order valence-electron chi connectivity index (χ1n) is 6.25. The van der Waals surface area contributed by atoms with Crippen molar-refractivity contribution in [1.29, 1.82) is 0 Å². The third kappa shape index (κ3) is 6.71. The van der Waals surface area contributed by atoms with Crippen molar-refractivity contribution < 1.29 is 14.3 Å². The van der Waals surface area contributed by atoms with Crippen molar-refractivity contribution in [3.8, 4) is 0 Å². The molecule has 108 valence electrons. The molecule has 0 aromatic heterocycles. The van der Waals surface area contributed by atoms with E-state index in [2.05, 4.69) is 15.6 Å². The Bertz CT molecular complexity index is 340. The fourth-order valence-electron chi connectivity index (χ4n) is 1.41. The average molecular weight is 269 g/mol. The molecule has 2 N–H and O–H groups in total.